The summed E-state index contributed by atoms with van der Waals surface area (Å²) in [5.41, 5.74) is 1.23. The fraction of sp³-hybridized carbons (Fsp3) is 0.500. The number of carbonyl (C=O) groups is 3. The maximum absolute atomic E-state index is 13.7. The largest absolute Gasteiger partial charge is 0.465 e. The highest BCUT2D eigenvalue weighted by Gasteiger charge is 2.53. The second kappa shape index (κ2) is 10.7. The second-order valence-corrected chi connectivity index (χ2v) is 15.7. The van der Waals surface area contributed by atoms with E-state index in [9.17, 15) is 18.8 Å². The van der Waals surface area contributed by atoms with Gasteiger partial charge in [0.2, 0.25) is 0 Å². The number of hydrogen-bond acceptors (Lipinski definition) is 5. The van der Waals surface area contributed by atoms with E-state index in [0.29, 0.717) is 11.3 Å². The maximum Gasteiger partial charge on any atom is 0.355 e. The number of H-pyrrole nitrogens is 1. The normalized spacial score (nSPS) is 12.9. The van der Waals surface area contributed by atoms with E-state index in [2.05, 4.69) is 46.5 Å². The van der Waals surface area contributed by atoms with Crippen molar-refractivity contribution in [3.05, 3.63) is 47.0 Å². The highest BCUT2D eigenvalue weighted by atomic mass is 28.3. The summed E-state index contributed by atoms with van der Waals surface area (Å²) < 4.78 is 23.8. The average Bonchev–Trinajstić information content (AvgIpc) is 3.15. The Hall–Kier alpha value is -2.74. The van der Waals surface area contributed by atoms with Crippen LogP contribution in [0.25, 0.3) is 11.1 Å². The van der Waals surface area contributed by atoms with Crippen molar-refractivity contribution in [2.75, 3.05) is 14.2 Å². The van der Waals surface area contributed by atoms with Crippen LogP contribution in [0.15, 0.2) is 24.3 Å². The smallest absolute Gasteiger partial charge is 0.355 e. The van der Waals surface area contributed by atoms with Crippen molar-refractivity contribution in [2.24, 2.45) is 0 Å². The van der Waals surface area contributed by atoms with Gasteiger partial charge in [0.05, 0.1) is 33.4 Å². The Morgan fingerprint density at radius 1 is 0.853 bits per heavy atom. The summed E-state index contributed by atoms with van der Waals surface area (Å²) in [6, 6.07) is 5.48. The molecule has 2 aromatic rings. The van der Waals surface area contributed by atoms with Gasteiger partial charge in [-0.15, -0.1) is 0 Å². The summed E-state index contributed by atoms with van der Waals surface area (Å²) in [4.78, 5) is 42.6. The van der Waals surface area contributed by atoms with Gasteiger partial charge in [-0.2, -0.15) is 0 Å². The number of esters is 2. The van der Waals surface area contributed by atoms with Gasteiger partial charge in [-0.05, 0) is 41.2 Å². The molecule has 0 spiro atoms. The SMILES string of the molecule is COC(=O)c1[nH]c(C(C(C)=O)[Si](C(C)C)(C(C)C)C(C)C)c(C(=O)OC)c1-c1ccc(F)cc1. The summed E-state index contributed by atoms with van der Waals surface area (Å²) in [5, 5.41) is 0. The fourth-order valence-corrected chi connectivity index (χ4v) is 13.4. The van der Waals surface area contributed by atoms with Gasteiger partial charge in [0.1, 0.15) is 17.3 Å². The Kier molecular flexibility index (Phi) is 8.63. The van der Waals surface area contributed by atoms with Gasteiger partial charge in [0.15, 0.2) is 0 Å². The minimum atomic E-state index is -2.52. The minimum absolute atomic E-state index is 0.0370. The molecule has 2 rings (SSSR count). The Morgan fingerprint density at radius 3 is 1.71 bits per heavy atom. The van der Waals surface area contributed by atoms with Gasteiger partial charge in [-0.1, -0.05) is 53.7 Å². The van der Waals surface area contributed by atoms with Crippen molar-refractivity contribution in [1.29, 1.82) is 0 Å². The average molecular weight is 490 g/mol. The molecule has 1 aromatic carbocycles. The number of halogens is 1. The van der Waals surface area contributed by atoms with Crippen LogP contribution in [0, 0.1) is 5.82 Å². The van der Waals surface area contributed by atoms with Crippen LogP contribution < -0.4 is 0 Å². The molecule has 1 heterocycles. The Bertz CT molecular complexity index is 1030. The topological polar surface area (TPSA) is 85.5 Å². The molecule has 0 fully saturated rings. The molecule has 6 nitrogen and oxygen atoms in total. The number of rotatable bonds is 9. The van der Waals surface area contributed by atoms with E-state index in [1.54, 1.807) is 0 Å². The van der Waals surface area contributed by atoms with Crippen LogP contribution in [-0.2, 0) is 14.3 Å². The molecule has 186 valence electrons. The molecule has 0 aliphatic heterocycles. The lowest BCUT2D eigenvalue weighted by Crippen LogP contribution is -2.53. The predicted octanol–water partition coefficient (Wildman–Crippen LogP) is 6.28. The summed E-state index contributed by atoms with van der Waals surface area (Å²) in [6.07, 6.45) is 0. The molecule has 0 aliphatic carbocycles. The van der Waals surface area contributed by atoms with Crippen molar-refractivity contribution in [3.63, 3.8) is 0 Å². The van der Waals surface area contributed by atoms with Gasteiger partial charge in [0.25, 0.3) is 0 Å². The molecule has 0 radical (unpaired) electrons. The first-order chi connectivity index (χ1) is 15.9. The zero-order chi connectivity index (χ0) is 26.0. The van der Waals surface area contributed by atoms with Crippen LogP contribution in [0.1, 0.15) is 80.5 Å². The van der Waals surface area contributed by atoms with E-state index in [-0.39, 0.29) is 39.2 Å². The third-order valence-electron chi connectivity index (χ3n) is 7.14. The molecular formula is C26H36FNO5Si. The van der Waals surface area contributed by atoms with Crippen LogP contribution in [0.3, 0.4) is 0 Å². The number of methoxy groups -OCH3 is 2. The van der Waals surface area contributed by atoms with Gasteiger partial charge in [-0.3, -0.25) is 4.79 Å². The van der Waals surface area contributed by atoms with Crippen molar-refractivity contribution in [3.8, 4) is 11.1 Å². The predicted molar refractivity (Wildman–Crippen MR) is 133 cm³/mol. The number of carbonyl (C=O) groups excluding carboxylic acids is 3. The van der Waals surface area contributed by atoms with Gasteiger partial charge >= 0.3 is 11.9 Å². The maximum atomic E-state index is 13.7. The monoisotopic (exact) mass is 489 g/mol. The van der Waals surface area contributed by atoms with Crippen LogP contribution in [-0.4, -0.2) is 45.0 Å². The number of benzene rings is 1. The van der Waals surface area contributed by atoms with Crippen LogP contribution in [0.2, 0.25) is 16.6 Å². The molecule has 34 heavy (non-hydrogen) atoms. The summed E-state index contributed by atoms with van der Waals surface area (Å²) in [6.45, 7) is 14.3. The molecule has 1 aromatic heterocycles. The van der Waals surface area contributed by atoms with Crippen molar-refractivity contribution >= 4 is 25.8 Å². The summed E-state index contributed by atoms with van der Waals surface area (Å²) in [5.74, 6) is -1.89. The molecule has 0 amide bonds. The molecule has 0 saturated carbocycles. The first-order valence-electron chi connectivity index (χ1n) is 11.5. The summed E-state index contributed by atoms with van der Waals surface area (Å²) in [7, 11) is -0.0169. The van der Waals surface area contributed by atoms with Gasteiger partial charge in [0, 0.05) is 11.3 Å². The lowest BCUT2D eigenvalue weighted by Gasteiger charge is -2.48. The Labute approximate surface area is 202 Å². The van der Waals surface area contributed by atoms with E-state index in [1.165, 1.54) is 45.4 Å². The Morgan fingerprint density at radius 2 is 1.32 bits per heavy atom. The number of nitrogens with one attached hydrogen (secondary N) is 1. The zero-order valence-corrected chi connectivity index (χ0v) is 22.5. The van der Waals surface area contributed by atoms with E-state index in [0.717, 1.165) is 0 Å². The van der Waals surface area contributed by atoms with Gasteiger partial charge < -0.3 is 14.5 Å². The van der Waals surface area contributed by atoms with Crippen LogP contribution in [0.4, 0.5) is 4.39 Å². The first kappa shape index (κ1) is 27.5. The van der Waals surface area contributed by atoms with E-state index < -0.39 is 31.4 Å². The lowest BCUT2D eigenvalue weighted by atomic mass is 9.98. The third-order valence-corrected chi connectivity index (χ3v) is 14.8. The fourth-order valence-electron chi connectivity index (χ4n) is 6.02. The number of ketones is 1. The van der Waals surface area contributed by atoms with E-state index in [1.807, 2.05) is 0 Å². The molecule has 1 unspecified atom stereocenters. The molecule has 1 N–H and O–H groups in total. The number of hydrogen-bond donors (Lipinski definition) is 1. The van der Waals surface area contributed by atoms with Crippen molar-refractivity contribution in [1.82, 2.24) is 4.98 Å². The first-order valence-corrected chi connectivity index (χ1v) is 13.9. The molecule has 0 saturated heterocycles. The number of aromatic amines is 1. The third kappa shape index (κ3) is 4.60. The quantitative estimate of drug-likeness (QED) is 0.331. The highest BCUT2D eigenvalue weighted by Crippen LogP contribution is 2.52. The number of ether oxygens (including phenoxy) is 2. The van der Waals surface area contributed by atoms with Crippen LogP contribution >= 0.6 is 0 Å². The van der Waals surface area contributed by atoms with Gasteiger partial charge in [-0.25, -0.2) is 14.0 Å². The molecular weight excluding hydrogens is 453 g/mol. The molecule has 8 heteroatoms. The minimum Gasteiger partial charge on any atom is -0.465 e. The van der Waals surface area contributed by atoms with Crippen LogP contribution in [0.5, 0.6) is 0 Å². The highest BCUT2D eigenvalue weighted by molar-refractivity contribution is 6.87. The second-order valence-electron chi connectivity index (χ2n) is 9.66. The molecule has 0 aliphatic rings. The molecule has 0 bridgehead atoms. The van der Waals surface area contributed by atoms with Crippen molar-refractivity contribution in [2.45, 2.75) is 70.6 Å². The van der Waals surface area contributed by atoms with Crippen molar-refractivity contribution < 1.29 is 28.2 Å². The number of Topliss-reactive ketones (excluding diaryl/α,β-unsaturated/α-hetero) is 1. The molecule has 1 atom stereocenters. The van der Waals surface area contributed by atoms with E-state index in [4.69, 9.17) is 9.47 Å². The standard InChI is InChI=1S/C26H36FNO5Si/c1-14(2)34(15(3)4,16(5)6)24(17(7)29)22-21(25(30)32-8)20(23(28-22)26(31)33-9)18-10-12-19(27)13-11-18/h10-16,24,28H,1-9H3. The summed E-state index contributed by atoms with van der Waals surface area (Å²) >= 11 is 0. The lowest BCUT2D eigenvalue weighted by molar-refractivity contribution is -0.117. The van der Waals surface area contributed by atoms with E-state index >= 15 is 0 Å². The zero-order valence-electron chi connectivity index (χ0n) is 21.5. The number of aromatic nitrogens is 1. The Balaban J connectivity index is 3.09.